The minimum Gasteiger partial charge on any atom is -0.345 e. The van der Waals surface area contributed by atoms with E-state index in [1.54, 1.807) is 6.33 Å². The second-order valence-corrected chi connectivity index (χ2v) is 4.56. The van der Waals surface area contributed by atoms with Gasteiger partial charge in [-0.25, -0.2) is 9.97 Å². The van der Waals surface area contributed by atoms with Crippen molar-refractivity contribution in [3.8, 4) is 0 Å². The van der Waals surface area contributed by atoms with Gasteiger partial charge in [0, 0.05) is 15.7 Å². The fourth-order valence-electron chi connectivity index (χ4n) is 1.61. The lowest BCUT2D eigenvalue weighted by atomic mass is 10.2. The third-order valence-electron chi connectivity index (χ3n) is 2.42. The molecule has 2 heterocycles. The maximum atomic E-state index is 4.37. The van der Waals surface area contributed by atoms with Gasteiger partial charge in [0.15, 0.2) is 0 Å². The van der Waals surface area contributed by atoms with E-state index >= 15 is 0 Å². The monoisotopic (exact) mass is 285 g/mol. The van der Waals surface area contributed by atoms with Crippen molar-refractivity contribution < 1.29 is 0 Å². The Morgan fingerprint density at radius 2 is 2.23 bits per heavy atom. The first-order chi connectivity index (χ1) is 6.36. The SMILES string of the molecule is Ic1c[nH]c2ncnc(C3CC3)c12. The van der Waals surface area contributed by atoms with Gasteiger partial charge in [0.2, 0.25) is 0 Å². The van der Waals surface area contributed by atoms with Crippen molar-refractivity contribution in [2.45, 2.75) is 18.8 Å². The molecule has 0 unspecified atom stereocenters. The quantitative estimate of drug-likeness (QED) is 0.818. The van der Waals surface area contributed by atoms with Gasteiger partial charge in [-0.1, -0.05) is 0 Å². The average molecular weight is 285 g/mol. The highest BCUT2D eigenvalue weighted by atomic mass is 127. The molecule has 2 aromatic rings. The molecule has 1 aliphatic rings. The first-order valence-electron chi connectivity index (χ1n) is 4.34. The summed E-state index contributed by atoms with van der Waals surface area (Å²) in [6, 6.07) is 0. The van der Waals surface area contributed by atoms with Crippen molar-refractivity contribution in [2.75, 3.05) is 0 Å². The third kappa shape index (κ3) is 1.15. The van der Waals surface area contributed by atoms with Gasteiger partial charge < -0.3 is 4.98 Å². The van der Waals surface area contributed by atoms with E-state index in [-0.39, 0.29) is 0 Å². The van der Waals surface area contributed by atoms with Crippen LogP contribution in [0.15, 0.2) is 12.5 Å². The van der Waals surface area contributed by atoms with E-state index < -0.39 is 0 Å². The van der Waals surface area contributed by atoms with E-state index in [4.69, 9.17) is 0 Å². The van der Waals surface area contributed by atoms with Gasteiger partial charge in [0.1, 0.15) is 12.0 Å². The summed E-state index contributed by atoms with van der Waals surface area (Å²) in [4.78, 5) is 11.7. The topological polar surface area (TPSA) is 41.6 Å². The molecular weight excluding hydrogens is 277 g/mol. The molecule has 3 nitrogen and oxygen atoms in total. The smallest absolute Gasteiger partial charge is 0.142 e. The Morgan fingerprint density at radius 3 is 3.00 bits per heavy atom. The molecule has 1 N–H and O–H groups in total. The summed E-state index contributed by atoms with van der Waals surface area (Å²) in [7, 11) is 0. The standard InChI is InChI=1S/C9H8IN3/c10-6-3-11-9-7(6)8(5-1-2-5)12-4-13-9/h3-5H,1-2H2,(H,11,12,13). The van der Waals surface area contributed by atoms with E-state index in [1.807, 2.05) is 6.20 Å². The van der Waals surface area contributed by atoms with Gasteiger partial charge in [-0.05, 0) is 35.4 Å². The number of aromatic amines is 1. The maximum Gasteiger partial charge on any atom is 0.142 e. The minimum absolute atomic E-state index is 0.690. The normalized spacial score (nSPS) is 16.7. The minimum atomic E-state index is 0.690. The zero-order valence-electron chi connectivity index (χ0n) is 6.92. The zero-order valence-corrected chi connectivity index (χ0v) is 9.08. The molecule has 0 aromatic carbocycles. The van der Waals surface area contributed by atoms with Crippen LogP contribution >= 0.6 is 22.6 Å². The van der Waals surface area contributed by atoms with Gasteiger partial charge in [0.25, 0.3) is 0 Å². The van der Waals surface area contributed by atoms with E-state index in [9.17, 15) is 0 Å². The molecule has 2 aromatic heterocycles. The highest BCUT2D eigenvalue weighted by Crippen LogP contribution is 2.42. The number of H-pyrrole nitrogens is 1. The van der Waals surface area contributed by atoms with Gasteiger partial charge in [0.05, 0.1) is 11.1 Å². The molecule has 4 heteroatoms. The number of halogens is 1. The molecule has 0 amide bonds. The van der Waals surface area contributed by atoms with E-state index in [2.05, 4.69) is 37.5 Å². The molecule has 13 heavy (non-hydrogen) atoms. The molecule has 0 bridgehead atoms. The lowest BCUT2D eigenvalue weighted by Crippen LogP contribution is -1.90. The molecule has 66 valence electrons. The lowest BCUT2D eigenvalue weighted by molar-refractivity contribution is 1.02. The lowest BCUT2D eigenvalue weighted by Gasteiger charge is -1.98. The van der Waals surface area contributed by atoms with Crippen LogP contribution in [-0.2, 0) is 0 Å². The van der Waals surface area contributed by atoms with Crippen LogP contribution in [0.25, 0.3) is 11.0 Å². The summed E-state index contributed by atoms with van der Waals surface area (Å²) >= 11 is 2.33. The van der Waals surface area contributed by atoms with E-state index in [1.165, 1.54) is 27.5 Å². The maximum absolute atomic E-state index is 4.37. The summed E-state index contributed by atoms with van der Waals surface area (Å²) in [5.74, 6) is 0.690. The highest BCUT2D eigenvalue weighted by molar-refractivity contribution is 14.1. The van der Waals surface area contributed by atoms with Crippen LogP contribution in [0.1, 0.15) is 24.5 Å². The van der Waals surface area contributed by atoms with Gasteiger partial charge in [-0.3, -0.25) is 0 Å². The molecule has 0 atom stereocenters. The summed E-state index contributed by atoms with van der Waals surface area (Å²) in [5.41, 5.74) is 2.21. The van der Waals surface area contributed by atoms with Crippen LogP contribution in [0.2, 0.25) is 0 Å². The number of nitrogens with one attached hydrogen (secondary N) is 1. The molecule has 0 spiro atoms. The Balaban J connectivity index is 2.36. The van der Waals surface area contributed by atoms with Crippen LogP contribution in [0.5, 0.6) is 0 Å². The largest absolute Gasteiger partial charge is 0.345 e. The molecule has 0 aliphatic heterocycles. The molecule has 1 fully saturated rings. The summed E-state index contributed by atoms with van der Waals surface area (Å²) in [6.07, 6.45) is 6.22. The Labute approximate surface area is 89.1 Å². The predicted molar refractivity (Wildman–Crippen MR) is 58.6 cm³/mol. The number of hydrogen-bond acceptors (Lipinski definition) is 2. The first kappa shape index (κ1) is 7.73. The van der Waals surface area contributed by atoms with Gasteiger partial charge in [-0.2, -0.15) is 0 Å². The Bertz CT molecular complexity index is 459. The molecular formula is C9H8IN3. The van der Waals surface area contributed by atoms with Crippen LogP contribution in [-0.4, -0.2) is 15.0 Å². The van der Waals surface area contributed by atoms with E-state index in [0.717, 1.165) is 5.65 Å². The van der Waals surface area contributed by atoms with Crippen molar-refractivity contribution in [3.63, 3.8) is 0 Å². The Hall–Kier alpha value is -0.650. The number of aromatic nitrogens is 3. The van der Waals surface area contributed by atoms with Crippen LogP contribution in [0, 0.1) is 3.57 Å². The fraction of sp³-hybridized carbons (Fsp3) is 0.333. The average Bonchev–Trinajstić information content (AvgIpc) is 2.92. The van der Waals surface area contributed by atoms with Crippen molar-refractivity contribution in [1.82, 2.24) is 15.0 Å². The second kappa shape index (κ2) is 2.67. The Kier molecular flexibility index (Phi) is 1.59. The van der Waals surface area contributed by atoms with E-state index in [0.29, 0.717) is 5.92 Å². The van der Waals surface area contributed by atoms with Crippen molar-refractivity contribution in [1.29, 1.82) is 0 Å². The first-order valence-corrected chi connectivity index (χ1v) is 5.41. The second-order valence-electron chi connectivity index (χ2n) is 3.39. The number of rotatable bonds is 1. The van der Waals surface area contributed by atoms with Crippen LogP contribution in [0.4, 0.5) is 0 Å². The molecule has 3 rings (SSSR count). The van der Waals surface area contributed by atoms with Gasteiger partial charge >= 0.3 is 0 Å². The van der Waals surface area contributed by atoms with Gasteiger partial charge in [-0.15, -0.1) is 0 Å². The Morgan fingerprint density at radius 1 is 1.38 bits per heavy atom. The van der Waals surface area contributed by atoms with Crippen LogP contribution in [0.3, 0.4) is 0 Å². The van der Waals surface area contributed by atoms with Crippen molar-refractivity contribution in [2.24, 2.45) is 0 Å². The summed E-state index contributed by atoms with van der Waals surface area (Å²) in [5, 5.41) is 1.23. The van der Waals surface area contributed by atoms with Crippen molar-refractivity contribution in [3.05, 3.63) is 21.8 Å². The van der Waals surface area contributed by atoms with Crippen LogP contribution < -0.4 is 0 Å². The summed E-state index contributed by atoms with van der Waals surface area (Å²) in [6.45, 7) is 0. The third-order valence-corrected chi connectivity index (χ3v) is 3.27. The molecule has 1 saturated carbocycles. The molecule has 0 radical (unpaired) electrons. The predicted octanol–water partition coefficient (Wildman–Crippen LogP) is 2.44. The molecule has 0 saturated heterocycles. The number of hydrogen-bond donors (Lipinski definition) is 1. The number of nitrogens with zero attached hydrogens (tertiary/aromatic N) is 2. The summed E-state index contributed by atoms with van der Waals surface area (Å²) < 4.78 is 1.23. The highest BCUT2D eigenvalue weighted by Gasteiger charge is 2.28. The van der Waals surface area contributed by atoms with Crippen molar-refractivity contribution >= 4 is 33.6 Å². The fourth-order valence-corrected chi connectivity index (χ4v) is 2.30. The molecule has 1 aliphatic carbocycles. The number of fused-ring (bicyclic) bond motifs is 1. The zero-order chi connectivity index (χ0) is 8.84.